The van der Waals surface area contributed by atoms with Crippen LogP contribution in [0.2, 0.25) is 0 Å². The summed E-state index contributed by atoms with van der Waals surface area (Å²) in [5.41, 5.74) is 2.87. The Morgan fingerprint density at radius 2 is 2.07 bits per heavy atom. The highest BCUT2D eigenvalue weighted by Gasteiger charge is 2.13. The lowest BCUT2D eigenvalue weighted by atomic mass is 10.0. The van der Waals surface area contributed by atoms with Crippen molar-refractivity contribution in [2.45, 2.75) is 20.5 Å². The Morgan fingerprint density at radius 3 is 2.79 bits per heavy atom. The Kier molecular flexibility index (Phi) is 4.49. The summed E-state index contributed by atoms with van der Waals surface area (Å²) in [5, 5.41) is 4.84. The van der Waals surface area contributed by atoms with Gasteiger partial charge in [-0.05, 0) is 43.2 Å². The third kappa shape index (κ3) is 3.29. The van der Waals surface area contributed by atoms with Crippen LogP contribution in [0.4, 0.5) is 0 Å². The minimum Gasteiger partial charge on any atom is -0.457 e. The van der Waals surface area contributed by atoms with Crippen LogP contribution in [0.5, 0.6) is 0 Å². The lowest BCUT2D eigenvalue weighted by Crippen LogP contribution is -2.09. The van der Waals surface area contributed by atoms with Crippen LogP contribution in [0.15, 0.2) is 64.2 Å². The van der Waals surface area contributed by atoms with Gasteiger partial charge in [0.25, 0.3) is 0 Å². The van der Waals surface area contributed by atoms with Gasteiger partial charge in [0.05, 0.1) is 5.56 Å². The predicted molar refractivity (Wildman–Crippen MR) is 102 cm³/mol. The van der Waals surface area contributed by atoms with Crippen LogP contribution >= 0.6 is 0 Å². The summed E-state index contributed by atoms with van der Waals surface area (Å²) in [5.74, 6) is 0.0730. The first-order valence-electron chi connectivity index (χ1n) is 8.69. The van der Waals surface area contributed by atoms with E-state index in [9.17, 15) is 9.59 Å². The normalized spacial score (nSPS) is 10.9. The van der Waals surface area contributed by atoms with Gasteiger partial charge in [-0.25, -0.2) is 19.3 Å². The Labute approximate surface area is 160 Å². The van der Waals surface area contributed by atoms with Crippen molar-refractivity contribution in [3.8, 4) is 5.82 Å². The Hall–Kier alpha value is -3.74. The van der Waals surface area contributed by atoms with E-state index in [1.807, 2.05) is 26.0 Å². The molecule has 0 spiro atoms. The summed E-state index contributed by atoms with van der Waals surface area (Å²) in [6.45, 7) is 3.80. The molecule has 4 rings (SSSR count). The number of hydrogen-bond donors (Lipinski definition) is 0. The largest absolute Gasteiger partial charge is 0.457 e. The summed E-state index contributed by atoms with van der Waals surface area (Å²) in [6, 6.07) is 10.3. The first-order chi connectivity index (χ1) is 13.5. The maximum Gasteiger partial charge on any atom is 0.340 e. The number of esters is 1. The molecule has 0 saturated heterocycles. The summed E-state index contributed by atoms with van der Waals surface area (Å²) >= 11 is 0. The molecule has 7 heteroatoms. The molecule has 3 aromatic heterocycles. The van der Waals surface area contributed by atoms with Crippen molar-refractivity contribution in [3.05, 3.63) is 87.7 Å². The van der Waals surface area contributed by atoms with Crippen LogP contribution in [0, 0.1) is 13.8 Å². The van der Waals surface area contributed by atoms with Crippen molar-refractivity contribution in [2.24, 2.45) is 0 Å². The number of nitrogens with zero attached hydrogens (tertiary/aromatic N) is 3. The quantitative estimate of drug-likeness (QED) is 0.402. The molecule has 0 N–H and O–H groups in total. The standard InChI is InChI=1S/C21H17N3O4/c1-13-4-6-17-16(10-19(25)28-20(17)14(13)2)12-27-21(26)15-5-7-18(22-11-15)24-9-3-8-23-24/h3-11H,12H2,1-2H3. The van der Waals surface area contributed by atoms with Crippen LogP contribution in [0.1, 0.15) is 27.0 Å². The molecule has 0 saturated carbocycles. The monoisotopic (exact) mass is 375 g/mol. The number of hydrogen-bond acceptors (Lipinski definition) is 6. The number of carbonyl (C=O) groups excluding carboxylic acids is 1. The third-order valence-electron chi connectivity index (χ3n) is 4.60. The maximum atomic E-state index is 12.4. The minimum absolute atomic E-state index is 0.0374. The molecule has 0 aliphatic rings. The van der Waals surface area contributed by atoms with Crippen LogP contribution in [0.25, 0.3) is 16.8 Å². The summed E-state index contributed by atoms with van der Waals surface area (Å²) < 4.78 is 12.3. The van der Waals surface area contributed by atoms with Gasteiger partial charge in [-0.2, -0.15) is 5.10 Å². The highest BCUT2D eigenvalue weighted by molar-refractivity contribution is 5.89. The van der Waals surface area contributed by atoms with Gasteiger partial charge in [0.2, 0.25) is 0 Å². The van der Waals surface area contributed by atoms with E-state index < -0.39 is 11.6 Å². The lowest BCUT2D eigenvalue weighted by molar-refractivity contribution is 0.0473. The highest BCUT2D eigenvalue weighted by Crippen LogP contribution is 2.24. The van der Waals surface area contributed by atoms with Crippen LogP contribution < -0.4 is 5.63 Å². The van der Waals surface area contributed by atoms with Crippen LogP contribution in [0.3, 0.4) is 0 Å². The molecule has 7 nitrogen and oxygen atoms in total. The van der Waals surface area contributed by atoms with Crippen molar-refractivity contribution < 1.29 is 13.9 Å². The summed E-state index contributed by atoms with van der Waals surface area (Å²) in [6.07, 6.45) is 4.84. The lowest BCUT2D eigenvalue weighted by Gasteiger charge is -2.10. The van der Waals surface area contributed by atoms with E-state index in [0.717, 1.165) is 16.5 Å². The van der Waals surface area contributed by atoms with Crippen molar-refractivity contribution in [3.63, 3.8) is 0 Å². The Morgan fingerprint density at radius 1 is 1.21 bits per heavy atom. The van der Waals surface area contributed by atoms with E-state index in [1.165, 1.54) is 12.3 Å². The van der Waals surface area contributed by atoms with E-state index in [1.54, 1.807) is 35.3 Å². The predicted octanol–water partition coefficient (Wildman–Crippen LogP) is 3.35. The fourth-order valence-corrected chi connectivity index (χ4v) is 2.92. The topological polar surface area (TPSA) is 87.2 Å². The second kappa shape index (κ2) is 7.11. The van der Waals surface area contributed by atoms with Gasteiger partial charge in [0.15, 0.2) is 5.82 Å². The molecule has 140 valence electrons. The van der Waals surface area contributed by atoms with Gasteiger partial charge < -0.3 is 9.15 Å². The smallest absolute Gasteiger partial charge is 0.340 e. The second-order valence-electron chi connectivity index (χ2n) is 6.41. The highest BCUT2D eigenvalue weighted by atomic mass is 16.5. The average molecular weight is 375 g/mol. The van der Waals surface area contributed by atoms with E-state index in [2.05, 4.69) is 10.1 Å². The van der Waals surface area contributed by atoms with Crippen LogP contribution in [-0.4, -0.2) is 20.7 Å². The van der Waals surface area contributed by atoms with E-state index in [-0.39, 0.29) is 6.61 Å². The number of ether oxygens (including phenoxy) is 1. The van der Waals surface area contributed by atoms with Gasteiger partial charge in [0.1, 0.15) is 12.2 Å². The van der Waals surface area contributed by atoms with Gasteiger partial charge in [0, 0.05) is 35.6 Å². The molecule has 0 amide bonds. The second-order valence-corrected chi connectivity index (χ2v) is 6.41. The summed E-state index contributed by atoms with van der Waals surface area (Å²) in [7, 11) is 0. The molecule has 0 aliphatic carbocycles. The maximum absolute atomic E-state index is 12.4. The molecule has 0 aliphatic heterocycles. The zero-order valence-corrected chi connectivity index (χ0v) is 15.4. The third-order valence-corrected chi connectivity index (χ3v) is 4.60. The molecule has 0 radical (unpaired) electrons. The van der Waals surface area contributed by atoms with Crippen LogP contribution in [-0.2, 0) is 11.3 Å². The molecular weight excluding hydrogens is 358 g/mol. The number of carbonyl (C=O) groups is 1. The zero-order chi connectivity index (χ0) is 19.7. The van der Waals surface area contributed by atoms with Crippen molar-refractivity contribution >= 4 is 16.9 Å². The average Bonchev–Trinajstić information content (AvgIpc) is 3.24. The van der Waals surface area contributed by atoms with E-state index >= 15 is 0 Å². The molecule has 4 aromatic rings. The van der Waals surface area contributed by atoms with Gasteiger partial charge in [-0.3, -0.25) is 0 Å². The van der Waals surface area contributed by atoms with E-state index in [4.69, 9.17) is 9.15 Å². The molecule has 28 heavy (non-hydrogen) atoms. The number of benzene rings is 1. The Bertz CT molecular complexity index is 1210. The number of aryl methyl sites for hydroxylation is 2. The number of rotatable bonds is 4. The first-order valence-corrected chi connectivity index (χ1v) is 8.69. The van der Waals surface area contributed by atoms with Crippen molar-refractivity contribution in [1.82, 2.24) is 14.8 Å². The van der Waals surface area contributed by atoms with Gasteiger partial charge >= 0.3 is 11.6 Å². The number of pyridine rings is 1. The molecule has 0 atom stereocenters. The summed E-state index contributed by atoms with van der Waals surface area (Å²) in [4.78, 5) is 28.5. The van der Waals surface area contributed by atoms with Gasteiger partial charge in [-0.15, -0.1) is 0 Å². The fourth-order valence-electron chi connectivity index (χ4n) is 2.92. The molecular formula is C21H17N3O4. The first kappa shape index (κ1) is 17.7. The molecule has 3 heterocycles. The van der Waals surface area contributed by atoms with Gasteiger partial charge in [-0.1, -0.05) is 12.1 Å². The van der Waals surface area contributed by atoms with Crippen molar-refractivity contribution in [2.75, 3.05) is 0 Å². The molecule has 1 aromatic carbocycles. The number of fused-ring (bicyclic) bond motifs is 1. The fraction of sp³-hybridized carbons (Fsp3) is 0.143. The molecule has 0 fully saturated rings. The van der Waals surface area contributed by atoms with Crippen molar-refractivity contribution in [1.29, 1.82) is 0 Å². The SMILES string of the molecule is Cc1ccc2c(COC(=O)c3ccc(-n4cccn4)nc3)cc(=O)oc2c1C. The zero-order valence-electron chi connectivity index (χ0n) is 15.4. The van der Waals surface area contributed by atoms with E-state index in [0.29, 0.717) is 22.5 Å². The molecule has 0 unspecified atom stereocenters. The molecule has 0 bridgehead atoms. The number of aromatic nitrogens is 3. The Balaban J connectivity index is 1.55. The minimum atomic E-state index is -0.523.